The van der Waals surface area contributed by atoms with Crippen molar-refractivity contribution in [1.82, 2.24) is 5.32 Å². The quantitative estimate of drug-likeness (QED) is 0.195. The Morgan fingerprint density at radius 1 is 1.20 bits per heavy atom. The number of hydrogen-bond donors (Lipinski definition) is 1. The van der Waals surface area contributed by atoms with Gasteiger partial charge in [0.15, 0.2) is 0 Å². The van der Waals surface area contributed by atoms with E-state index >= 15 is 0 Å². The molecule has 1 aliphatic rings. The molecule has 1 N–H and O–H groups in total. The van der Waals surface area contributed by atoms with Gasteiger partial charge in [0.1, 0.15) is 0 Å². The van der Waals surface area contributed by atoms with E-state index in [0.29, 0.717) is 23.7 Å². The van der Waals surface area contributed by atoms with Gasteiger partial charge in [-0.1, -0.05) is 114 Å². The molecule has 0 aliphatic heterocycles. The van der Waals surface area contributed by atoms with Crippen LogP contribution in [0.4, 0.5) is 0 Å². The minimum Gasteiger partial charge on any atom is -0.394 e. The van der Waals surface area contributed by atoms with E-state index in [1.165, 1.54) is 27.9 Å². The van der Waals surface area contributed by atoms with Gasteiger partial charge in [-0.25, -0.2) is 0 Å². The lowest BCUT2D eigenvalue weighted by Crippen LogP contribution is -2.39. The number of rotatable bonds is 14. The second-order valence-electron chi connectivity index (χ2n) is 10.5. The molecule has 0 saturated carbocycles. The van der Waals surface area contributed by atoms with Crippen molar-refractivity contribution in [3.05, 3.63) is 108 Å². The van der Waals surface area contributed by atoms with Gasteiger partial charge in [0.25, 0.3) is 0 Å². The highest BCUT2D eigenvalue weighted by Gasteiger charge is 2.43. The van der Waals surface area contributed by atoms with Gasteiger partial charge < -0.3 is 5.32 Å². The summed E-state index contributed by atoms with van der Waals surface area (Å²) in [6.07, 6.45) is 21.5. The third kappa shape index (κ3) is 7.47. The summed E-state index contributed by atoms with van der Waals surface area (Å²) in [6.45, 7) is 31.5. The Morgan fingerprint density at radius 3 is 2.31 bits per heavy atom. The standard InChI is InChI=1S/C34H51N/c1-13-16-18-30(15-3)33(25(6)14-2)34(11,24(4)5)28(9)23-31(19-17-20-35-12)29(10)32-21-26(7)27(8)22-32/h13,15-22,25-26,28,33,35H,3-4,10,14,23H2,1-2,5-9,11-12H3/b16-13?,20-17-,30-18+,31-19+. The van der Waals surface area contributed by atoms with Crippen LogP contribution >= 0.6 is 0 Å². The molecule has 0 radical (unpaired) electrons. The summed E-state index contributed by atoms with van der Waals surface area (Å²) >= 11 is 0. The van der Waals surface area contributed by atoms with Gasteiger partial charge in [-0.15, -0.1) is 0 Å². The molecule has 0 aromatic rings. The Kier molecular flexibility index (Phi) is 12.3. The Labute approximate surface area is 217 Å². The van der Waals surface area contributed by atoms with E-state index in [1.54, 1.807) is 0 Å². The topological polar surface area (TPSA) is 12.0 Å². The zero-order valence-corrected chi connectivity index (χ0v) is 24.0. The third-order valence-electron chi connectivity index (χ3n) is 8.23. The second-order valence-corrected chi connectivity index (χ2v) is 10.5. The van der Waals surface area contributed by atoms with E-state index in [4.69, 9.17) is 0 Å². The van der Waals surface area contributed by atoms with Gasteiger partial charge in [0.05, 0.1) is 0 Å². The minimum atomic E-state index is -0.105. The lowest BCUT2D eigenvalue weighted by atomic mass is 9.57. The van der Waals surface area contributed by atoms with Gasteiger partial charge in [-0.05, 0) is 90.8 Å². The Morgan fingerprint density at radius 2 is 1.86 bits per heavy atom. The van der Waals surface area contributed by atoms with E-state index in [0.717, 1.165) is 18.4 Å². The summed E-state index contributed by atoms with van der Waals surface area (Å²) in [5, 5.41) is 3.11. The Bertz CT molecular complexity index is 945. The van der Waals surface area contributed by atoms with Gasteiger partial charge in [0, 0.05) is 7.05 Å². The van der Waals surface area contributed by atoms with E-state index in [9.17, 15) is 0 Å². The summed E-state index contributed by atoms with van der Waals surface area (Å²) in [4.78, 5) is 0. The molecule has 0 amide bonds. The summed E-state index contributed by atoms with van der Waals surface area (Å²) in [6, 6.07) is 0. The average molecular weight is 474 g/mol. The molecule has 5 unspecified atom stereocenters. The molecular formula is C34H51N. The van der Waals surface area contributed by atoms with Crippen LogP contribution in [0.3, 0.4) is 0 Å². The maximum Gasteiger partial charge on any atom is 0.00277 e. The van der Waals surface area contributed by atoms with Crippen LogP contribution in [0.25, 0.3) is 0 Å². The molecule has 1 rings (SSSR count). The smallest absolute Gasteiger partial charge is 0.00277 e. The SMILES string of the molecule is C=C/C(=C\C=CC)C(C(C)CC)C(C)(C(=C)C)C(C)C/C(=C\C=C/NC)C(=C)C1=CC(C)C(C)=C1. The van der Waals surface area contributed by atoms with Crippen LogP contribution in [-0.2, 0) is 0 Å². The van der Waals surface area contributed by atoms with Crippen LogP contribution in [-0.4, -0.2) is 7.05 Å². The molecule has 35 heavy (non-hydrogen) atoms. The fraction of sp³-hybridized carbons (Fsp3) is 0.471. The van der Waals surface area contributed by atoms with Crippen molar-refractivity contribution in [3.63, 3.8) is 0 Å². The number of allylic oxidation sites excluding steroid dienone is 14. The van der Waals surface area contributed by atoms with Crippen LogP contribution in [0, 0.1) is 29.1 Å². The number of nitrogens with one attached hydrogen (secondary N) is 1. The fourth-order valence-corrected chi connectivity index (χ4v) is 5.29. The van der Waals surface area contributed by atoms with Crippen LogP contribution in [0.15, 0.2) is 108 Å². The average Bonchev–Trinajstić information content (AvgIpc) is 3.17. The molecule has 0 fully saturated rings. The van der Waals surface area contributed by atoms with Crippen molar-refractivity contribution < 1.29 is 0 Å². The first-order chi connectivity index (χ1) is 16.5. The van der Waals surface area contributed by atoms with Crippen molar-refractivity contribution in [2.75, 3.05) is 7.05 Å². The monoisotopic (exact) mass is 473 g/mol. The second kappa shape index (κ2) is 14.1. The first-order valence-corrected chi connectivity index (χ1v) is 13.2. The third-order valence-corrected chi connectivity index (χ3v) is 8.23. The maximum atomic E-state index is 4.56. The normalized spacial score (nSPS) is 21.3. The highest BCUT2D eigenvalue weighted by atomic mass is 14.8. The first-order valence-electron chi connectivity index (χ1n) is 13.2. The van der Waals surface area contributed by atoms with E-state index in [1.807, 2.05) is 19.3 Å². The number of hydrogen-bond acceptors (Lipinski definition) is 1. The molecule has 5 atom stereocenters. The summed E-state index contributed by atoms with van der Waals surface area (Å²) in [5.74, 6) is 1.64. The van der Waals surface area contributed by atoms with Crippen molar-refractivity contribution >= 4 is 0 Å². The summed E-state index contributed by atoms with van der Waals surface area (Å²) in [7, 11) is 1.93. The molecule has 0 spiro atoms. The fourth-order valence-electron chi connectivity index (χ4n) is 5.29. The van der Waals surface area contributed by atoms with Gasteiger partial charge in [-0.2, -0.15) is 0 Å². The van der Waals surface area contributed by atoms with E-state index in [2.05, 4.69) is 123 Å². The Hall–Kier alpha value is -2.54. The largest absolute Gasteiger partial charge is 0.394 e. The zero-order chi connectivity index (χ0) is 26.8. The van der Waals surface area contributed by atoms with Crippen molar-refractivity contribution in [2.24, 2.45) is 29.1 Å². The van der Waals surface area contributed by atoms with Crippen LogP contribution in [0.1, 0.15) is 68.2 Å². The predicted octanol–water partition coefficient (Wildman–Crippen LogP) is 9.68. The van der Waals surface area contributed by atoms with Crippen LogP contribution in [0.2, 0.25) is 0 Å². The highest BCUT2D eigenvalue weighted by Crippen LogP contribution is 2.51. The van der Waals surface area contributed by atoms with Crippen molar-refractivity contribution in [3.8, 4) is 0 Å². The van der Waals surface area contributed by atoms with Crippen molar-refractivity contribution in [2.45, 2.75) is 68.2 Å². The molecule has 192 valence electrons. The van der Waals surface area contributed by atoms with Gasteiger partial charge in [-0.3, -0.25) is 0 Å². The lowest BCUT2D eigenvalue weighted by Gasteiger charge is -2.47. The van der Waals surface area contributed by atoms with Crippen LogP contribution < -0.4 is 5.32 Å². The molecule has 1 aliphatic carbocycles. The zero-order valence-electron chi connectivity index (χ0n) is 24.0. The van der Waals surface area contributed by atoms with Gasteiger partial charge >= 0.3 is 0 Å². The molecule has 0 heterocycles. The first kappa shape index (κ1) is 30.5. The minimum absolute atomic E-state index is 0.105. The molecular weight excluding hydrogens is 422 g/mol. The Balaban J connectivity index is 3.57. The molecule has 1 nitrogen and oxygen atoms in total. The van der Waals surface area contributed by atoms with Crippen LogP contribution in [0.5, 0.6) is 0 Å². The molecule has 0 aromatic carbocycles. The lowest BCUT2D eigenvalue weighted by molar-refractivity contribution is 0.129. The highest BCUT2D eigenvalue weighted by molar-refractivity contribution is 5.55. The molecule has 0 bridgehead atoms. The van der Waals surface area contributed by atoms with Gasteiger partial charge in [0.2, 0.25) is 0 Å². The molecule has 0 aromatic heterocycles. The maximum absolute atomic E-state index is 4.56. The summed E-state index contributed by atoms with van der Waals surface area (Å²) in [5.41, 5.74) is 7.46. The predicted molar refractivity (Wildman–Crippen MR) is 159 cm³/mol. The van der Waals surface area contributed by atoms with E-state index in [-0.39, 0.29) is 5.41 Å². The molecule has 1 heteroatoms. The van der Waals surface area contributed by atoms with E-state index < -0.39 is 0 Å². The van der Waals surface area contributed by atoms with Crippen molar-refractivity contribution in [1.29, 1.82) is 0 Å². The molecule has 0 saturated heterocycles. The summed E-state index contributed by atoms with van der Waals surface area (Å²) < 4.78 is 0.